The Balaban J connectivity index is 1.99. The fourth-order valence-electron chi connectivity index (χ4n) is 2.00. The van der Waals surface area contributed by atoms with Gasteiger partial charge in [-0.1, -0.05) is 41.9 Å². The Morgan fingerprint density at radius 1 is 1.00 bits per heavy atom. The molecule has 1 N–H and O–H groups in total. The SMILES string of the molecule is O=S(=O)(Nc1cnc2ccccc2c1)c1ccccc1Cl. The van der Waals surface area contributed by atoms with Crippen molar-refractivity contribution in [3.05, 3.63) is 65.8 Å². The zero-order chi connectivity index (χ0) is 14.9. The van der Waals surface area contributed by atoms with Crippen molar-refractivity contribution in [1.82, 2.24) is 4.98 Å². The summed E-state index contributed by atoms with van der Waals surface area (Å²) >= 11 is 5.94. The van der Waals surface area contributed by atoms with Gasteiger partial charge in [0.15, 0.2) is 0 Å². The molecule has 0 fully saturated rings. The zero-order valence-corrected chi connectivity index (χ0v) is 12.4. The third-order valence-electron chi connectivity index (χ3n) is 2.97. The molecule has 4 nitrogen and oxygen atoms in total. The minimum atomic E-state index is -3.73. The summed E-state index contributed by atoms with van der Waals surface area (Å²) in [4.78, 5) is 4.26. The molecule has 0 aliphatic rings. The highest BCUT2D eigenvalue weighted by Crippen LogP contribution is 2.24. The Morgan fingerprint density at radius 2 is 1.71 bits per heavy atom. The van der Waals surface area contributed by atoms with Crippen LogP contribution in [0.5, 0.6) is 0 Å². The molecule has 0 spiro atoms. The fourth-order valence-corrected chi connectivity index (χ4v) is 3.55. The summed E-state index contributed by atoms with van der Waals surface area (Å²) in [6.45, 7) is 0. The molecule has 0 bridgehead atoms. The highest BCUT2D eigenvalue weighted by atomic mass is 35.5. The van der Waals surface area contributed by atoms with Gasteiger partial charge in [0.2, 0.25) is 0 Å². The van der Waals surface area contributed by atoms with Crippen molar-refractivity contribution < 1.29 is 8.42 Å². The summed E-state index contributed by atoms with van der Waals surface area (Å²) in [6.07, 6.45) is 1.48. The molecule has 0 radical (unpaired) electrons. The first-order valence-corrected chi connectivity index (χ1v) is 8.04. The number of nitrogens with zero attached hydrogens (tertiary/aromatic N) is 1. The second-order valence-electron chi connectivity index (χ2n) is 4.45. The van der Waals surface area contributed by atoms with E-state index >= 15 is 0 Å². The van der Waals surface area contributed by atoms with Crippen molar-refractivity contribution in [1.29, 1.82) is 0 Å². The van der Waals surface area contributed by atoms with Crippen molar-refractivity contribution in [2.45, 2.75) is 4.90 Å². The fraction of sp³-hybridized carbons (Fsp3) is 0. The van der Waals surface area contributed by atoms with Gasteiger partial charge in [0.1, 0.15) is 4.90 Å². The first-order valence-electron chi connectivity index (χ1n) is 6.18. The van der Waals surface area contributed by atoms with Crippen LogP contribution < -0.4 is 4.72 Å². The number of rotatable bonds is 3. The number of nitrogens with one attached hydrogen (secondary N) is 1. The summed E-state index contributed by atoms with van der Waals surface area (Å²) in [7, 11) is -3.73. The number of fused-ring (bicyclic) bond motifs is 1. The van der Waals surface area contributed by atoms with Gasteiger partial charge in [-0.3, -0.25) is 9.71 Å². The molecule has 0 amide bonds. The minimum Gasteiger partial charge on any atom is -0.278 e. The predicted octanol–water partition coefficient (Wildman–Crippen LogP) is 3.69. The molecule has 0 aliphatic heterocycles. The van der Waals surface area contributed by atoms with E-state index in [1.165, 1.54) is 18.3 Å². The largest absolute Gasteiger partial charge is 0.278 e. The molecule has 21 heavy (non-hydrogen) atoms. The molecule has 106 valence electrons. The van der Waals surface area contributed by atoms with Crippen LogP contribution in [0.4, 0.5) is 5.69 Å². The molecule has 0 saturated heterocycles. The van der Waals surface area contributed by atoms with E-state index in [0.717, 1.165) is 10.9 Å². The van der Waals surface area contributed by atoms with Crippen molar-refractivity contribution in [3.8, 4) is 0 Å². The number of para-hydroxylation sites is 1. The van der Waals surface area contributed by atoms with Crippen molar-refractivity contribution in [2.75, 3.05) is 4.72 Å². The minimum absolute atomic E-state index is 0.0415. The molecular weight excluding hydrogens is 308 g/mol. The van der Waals surface area contributed by atoms with Gasteiger partial charge < -0.3 is 0 Å². The lowest BCUT2D eigenvalue weighted by atomic mass is 10.2. The second kappa shape index (κ2) is 5.35. The number of hydrogen-bond acceptors (Lipinski definition) is 3. The molecular formula is C15H11ClN2O2S. The van der Waals surface area contributed by atoms with Crippen LogP contribution in [-0.2, 0) is 10.0 Å². The summed E-state index contributed by atoms with van der Waals surface area (Å²) in [5.41, 5.74) is 1.20. The third kappa shape index (κ3) is 2.84. The summed E-state index contributed by atoms with van der Waals surface area (Å²) < 4.78 is 27.2. The Hall–Kier alpha value is -2.11. The molecule has 0 unspecified atom stereocenters. The van der Waals surface area contributed by atoms with Crippen LogP contribution in [0, 0.1) is 0 Å². The van der Waals surface area contributed by atoms with E-state index in [-0.39, 0.29) is 9.92 Å². The van der Waals surface area contributed by atoms with Gasteiger partial charge in [0, 0.05) is 5.39 Å². The van der Waals surface area contributed by atoms with Crippen molar-refractivity contribution >= 4 is 38.2 Å². The quantitative estimate of drug-likeness (QED) is 0.801. The maximum absolute atomic E-state index is 12.3. The molecule has 0 saturated carbocycles. The second-order valence-corrected chi connectivity index (χ2v) is 6.51. The third-order valence-corrected chi connectivity index (χ3v) is 4.85. The van der Waals surface area contributed by atoms with Crippen LogP contribution in [0.15, 0.2) is 65.7 Å². The molecule has 6 heteroatoms. The van der Waals surface area contributed by atoms with E-state index < -0.39 is 10.0 Å². The molecule has 1 aromatic heterocycles. The lowest BCUT2D eigenvalue weighted by Crippen LogP contribution is -2.13. The van der Waals surface area contributed by atoms with Gasteiger partial charge in [-0.15, -0.1) is 0 Å². The summed E-state index contributed by atoms with van der Waals surface area (Å²) in [6, 6.07) is 15.5. The van der Waals surface area contributed by atoms with E-state index in [9.17, 15) is 8.42 Å². The van der Waals surface area contributed by atoms with Gasteiger partial charge >= 0.3 is 0 Å². The lowest BCUT2D eigenvalue weighted by molar-refractivity contribution is 0.601. The molecule has 3 aromatic rings. The number of pyridine rings is 1. The van der Waals surface area contributed by atoms with Gasteiger partial charge in [-0.25, -0.2) is 8.42 Å². The molecule has 2 aromatic carbocycles. The van der Waals surface area contributed by atoms with Crippen LogP contribution in [0.2, 0.25) is 5.02 Å². The Kier molecular flexibility index (Phi) is 3.53. The highest BCUT2D eigenvalue weighted by Gasteiger charge is 2.17. The molecule has 3 rings (SSSR count). The number of sulfonamides is 1. The zero-order valence-electron chi connectivity index (χ0n) is 10.8. The molecule has 0 atom stereocenters. The van der Waals surface area contributed by atoms with E-state index in [2.05, 4.69) is 9.71 Å². The van der Waals surface area contributed by atoms with Crippen LogP contribution in [-0.4, -0.2) is 13.4 Å². The number of aromatic nitrogens is 1. The van der Waals surface area contributed by atoms with Crippen molar-refractivity contribution in [2.24, 2.45) is 0 Å². The van der Waals surface area contributed by atoms with Crippen LogP contribution in [0.3, 0.4) is 0 Å². The Morgan fingerprint density at radius 3 is 2.52 bits per heavy atom. The predicted molar refractivity (Wildman–Crippen MR) is 84.0 cm³/mol. The maximum Gasteiger partial charge on any atom is 0.263 e. The standard InChI is InChI=1S/C15H11ClN2O2S/c16-13-6-2-4-8-15(13)21(19,20)18-12-9-11-5-1-3-7-14(11)17-10-12/h1-10,18H. The van der Waals surface area contributed by atoms with Gasteiger partial charge in [-0.2, -0.15) is 0 Å². The normalized spacial score (nSPS) is 11.5. The van der Waals surface area contributed by atoms with E-state index in [0.29, 0.717) is 5.69 Å². The topological polar surface area (TPSA) is 59.1 Å². The van der Waals surface area contributed by atoms with Crippen LogP contribution >= 0.6 is 11.6 Å². The molecule has 0 aliphatic carbocycles. The van der Waals surface area contributed by atoms with Gasteiger partial charge in [-0.05, 0) is 24.3 Å². The Bertz CT molecular complexity index is 910. The summed E-state index contributed by atoms with van der Waals surface area (Å²) in [5, 5.41) is 1.04. The van der Waals surface area contributed by atoms with Gasteiger partial charge in [0.05, 0.1) is 22.4 Å². The smallest absolute Gasteiger partial charge is 0.263 e. The number of halogens is 1. The van der Waals surface area contributed by atoms with E-state index in [1.54, 1.807) is 18.2 Å². The number of anilines is 1. The first kappa shape index (κ1) is 13.9. The highest BCUT2D eigenvalue weighted by molar-refractivity contribution is 7.92. The van der Waals surface area contributed by atoms with E-state index in [4.69, 9.17) is 11.6 Å². The average molecular weight is 319 g/mol. The van der Waals surface area contributed by atoms with E-state index in [1.807, 2.05) is 24.3 Å². The van der Waals surface area contributed by atoms with Gasteiger partial charge in [0.25, 0.3) is 10.0 Å². The average Bonchev–Trinajstić information content (AvgIpc) is 2.47. The number of hydrogen-bond donors (Lipinski definition) is 1. The first-order chi connectivity index (χ1) is 10.1. The number of benzene rings is 2. The summed E-state index contributed by atoms with van der Waals surface area (Å²) in [5.74, 6) is 0. The maximum atomic E-state index is 12.3. The van der Waals surface area contributed by atoms with Crippen LogP contribution in [0.1, 0.15) is 0 Å². The van der Waals surface area contributed by atoms with Crippen molar-refractivity contribution in [3.63, 3.8) is 0 Å². The molecule has 1 heterocycles. The van der Waals surface area contributed by atoms with Crippen LogP contribution in [0.25, 0.3) is 10.9 Å². The Labute approximate surface area is 127 Å². The monoisotopic (exact) mass is 318 g/mol. The lowest BCUT2D eigenvalue weighted by Gasteiger charge is -2.09.